The Labute approximate surface area is 202 Å². The number of carbonyl (C=O) groups is 2. The quantitative estimate of drug-likeness (QED) is 0.452. The fourth-order valence-corrected chi connectivity index (χ4v) is 4.71. The van der Waals surface area contributed by atoms with Crippen LogP contribution in [0, 0.1) is 0 Å². The van der Waals surface area contributed by atoms with Gasteiger partial charge in [0.15, 0.2) is 5.60 Å². The molecule has 0 radical (unpaired) electrons. The molecule has 1 fully saturated rings. The molecule has 33 heavy (non-hydrogen) atoms. The van der Waals surface area contributed by atoms with Crippen LogP contribution >= 0.6 is 23.2 Å². The first-order valence-electron chi connectivity index (χ1n) is 10.7. The van der Waals surface area contributed by atoms with Crippen molar-refractivity contribution in [1.29, 1.82) is 0 Å². The summed E-state index contributed by atoms with van der Waals surface area (Å²) in [6, 6.07) is 13.3. The predicted molar refractivity (Wildman–Crippen MR) is 125 cm³/mol. The molecule has 8 heteroatoms. The summed E-state index contributed by atoms with van der Waals surface area (Å²) in [4.78, 5) is 27.8. The third kappa shape index (κ3) is 4.80. The molecule has 1 aliphatic heterocycles. The van der Waals surface area contributed by atoms with Gasteiger partial charge in [-0.15, -0.1) is 0 Å². The van der Waals surface area contributed by atoms with E-state index in [1.54, 1.807) is 36.1 Å². The van der Waals surface area contributed by atoms with Crippen molar-refractivity contribution in [2.24, 2.45) is 0 Å². The highest BCUT2D eigenvalue weighted by molar-refractivity contribution is 6.30. The van der Waals surface area contributed by atoms with Gasteiger partial charge in [0.25, 0.3) is 5.91 Å². The van der Waals surface area contributed by atoms with Crippen molar-refractivity contribution in [3.8, 4) is 0 Å². The van der Waals surface area contributed by atoms with Gasteiger partial charge in [-0.05, 0) is 54.3 Å². The lowest BCUT2D eigenvalue weighted by molar-refractivity contribution is -0.206. The molecule has 1 aliphatic carbocycles. The number of aliphatic hydroxyl groups excluding tert-OH is 1. The van der Waals surface area contributed by atoms with Crippen LogP contribution in [0.2, 0.25) is 10.0 Å². The Morgan fingerprint density at radius 1 is 1.21 bits per heavy atom. The van der Waals surface area contributed by atoms with E-state index in [2.05, 4.69) is 0 Å². The van der Waals surface area contributed by atoms with E-state index in [-0.39, 0.29) is 13.0 Å². The van der Waals surface area contributed by atoms with Gasteiger partial charge in [0, 0.05) is 10.0 Å². The Balaban J connectivity index is 1.89. The van der Waals surface area contributed by atoms with Crippen molar-refractivity contribution in [2.75, 3.05) is 13.7 Å². The minimum Gasteiger partial charge on any atom is -0.469 e. The number of methoxy groups -OCH3 is 1. The first kappa shape index (κ1) is 23.8. The first-order valence-corrected chi connectivity index (χ1v) is 11.4. The monoisotopic (exact) mass is 489 g/mol. The highest BCUT2D eigenvalue weighted by Gasteiger charge is 2.54. The molecule has 1 saturated heterocycles. The molecule has 0 bridgehead atoms. The van der Waals surface area contributed by atoms with Crippen LogP contribution in [0.4, 0.5) is 0 Å². The average molecular weight is 490 g/mol. The number of ether oxygens (including phenoxy) is 2. The van der Waals surface area contributed by atoms with Crippen LogP contribution in [-0.2, 0) is 19.1 Å². The van der Waals surface area contributed by atoms with Crippen molar-refractivity contribution >= 4 is 35.1 Å². The molecule has 2 aromatic rings. The first-order chi connectivity index (χ1) is 15.8. The summed E-state index contributed by atoms with van der Waals surface area (Å²) in [5.41, 5.74) is 1.01. The molecule has 0 unspecified atom stereocenters. The summed E-state index contributed by atoms with van der Waals surface area (Å²) in [7, 11) is 1.27. The smallest absolute Gasteiger partial charge is 0.308 e. The molecule has 0 spiro atoms. The van der Waals surface area contributed by atoms with Crippen LogP contribution in [-0.4, -0.2) is 47.2 Å². The second-order valence-corrected chi connectivity index (χ2v) is 9.34. The zero-order valence-electron chi connectivity index (χ0n) is 18.3. The summed E-state index contributed by atoms with van der Waals surface area (Å²) in [5, 5.41) is 11.4. The molecule has 4 rings (SSSR count). The van der Waals surface area contributed by atoms with Gasteiger partial charge in [0.05, 0.1) is 32.2 Å². The molecule has 4 atom stereocenters. The van der Waals surface area contributed by atoms with Gasteiger partial charge >= 0.3 is 5.97 Å². The van der Waals surface area contributed by atoms with Gasteiger partial charge in [-0.3, -0.25) is 9.59 Å². The largest absolute Gasteiger partial charge is 0.469 e. The van der Waals surface area contributed by atoms with E-state index >= 15 is 0 Å². The Hall–Kier alpha value is -2.38. The molecule has 6 nitrogen and oxygen atoms in total. The number of halogens is 2. The van der Waals surface area contributed by atoms with Crippen LogP contribution < -0.4 is 0 Å². The van der Waals surface area contributed by atoms with E-state index < -0.39 is 35.7 Å². The number of hydrogen-bond donors (Lipinski definition) is 1. The third-order valence-electron chi connectivity index (χ3n) is 6.14. The second-order valence-electron chi connectivity index (χ2n) is 8.47. The fourth-order valence-electron chi connectivity index (χ4n) is 4.38. The number of esters is 1. The number of carbonyl (C=O) groups excluding carboxylic acids is 2. The van der Waals surface area contributed by atoms with E-state index in [0.29, 0.717) is 10.0 Å². The summed E-state index contributed by atoms with van der Waals surface area (Å²) in [6.07, 6.45) is 1.78. The second kappa shape index (κ2) is 9.47. The maximum absolute atomic E-state index is 13.9. The summed E-state index contributed by atoms with van der Waals surface area (Å²) in [5.74, 6) is -0.954. The summed E-state index contributed by atoms with van der Waals surface area (Å²) in [6.45, 7) is 1.34. The molecule has 1 heterocycles. The number of amides is 1. The van der Waals surface area contributed by atoms with Gasteiger partial charge in [0.2, 0.25) is 0 Å². The number of nitrogens with zero attached hydrogens (tertiary/aromatic N) is 1. The van der Waals surface area contributed by atoms with Crippen molar-refractivity contribution in [1.82, 2.24) is 4.90 Å². The van der Waals surface area contributed by atoms with Crippen molar-refractivity contribution in [3.63, 3.8) is 0 Å². The lowest BCUT2D eigenvalue weighted by Crippen LogP contribution is -2.61. The molecule has 1 N–H and O–H groups in total. The lowest BCUT2D eigenvalue weighted by atomic mass is 9.85. The van der Waals surface area contributed by atoms with E-state index in [9.17, 15) is 14.7 Å². The van der Waals surface area contributed by atoms with Gasteiger partial charge in [-0.1, -0.05) is 53.5 Å². The Morgan fingerprint density at radius 2 is 1.91 bits per heavy atom. The van der Waals surface area contributed by atoms with Gasteiger partial charge in [-0.25, -0.2) is 0 Å². The number of hydrogen-bond acceptors (Lipinski definition) is 5. The van der Waals surface area contributed by atoms with Crippen LogP contribution in [0.5, 0.6) is 0 Å². The Bertz CT molecular complexity index is 1090. The third-order valence-corrected chi connectivity index (χ3v) is 6.62. The molecule has 0 saturated carbocycles. The van der Waals surface area contributed by atoms with Crippen LogP contribution in [0.3, 0.4) is 0 Å². The number of allylic oxidation sites excluding steroid dienone is 1. The molecule has 2 aliphatic rings. The number of morpholine rings is 1. The van der Waals surface area contributed by atoms with E-state index in [1.165, 1.54) is 7.11 Å². The van der Waals surface area contributed by atoms with E-state index in [4.69, 9.17) is 32.7 Å². The predicted octanol–water partition coefficient (Wildman–Crippen LogP) is 4.65. The van der Waals surface area contributed by atoms with Crippen LogP contribution in [0.1, 0.15) is 43.0 Å². The highest BCUT2D eigenvalue weighted by Crippen LogP contribution is 2.49. The van der Waals surface area contributed by atoms with Crippen molar-refractivity contribution in [2.45, 2.75) is 43.6 Å². The number of aliphatic hydroxyl groups is 1. The minimum absolute atomic E-state index is 0.252. The minimum atomic E-state index is -1.49. The molecule has 174 valence electrons. The zero-order chi connectivity index (χ0) is 23.8. The normalized spacial score (nSPS) is 25.4. The Morgan fingerprint density at radius 3 is 2.48 bits per heavy atom. The highest BCUT2D eigenvalue weighted by atomic mass is 35.5. The molecule has 0 aromatic heterocycles. The van der Waals surface area contributed by atoms with E-state index in [0.717, 1.165) is 23.1 Å². The van der Waals surface area contributed by atoms with Gasteiger partial charge < -0.3 is 19.5 Å². The van der Waals surface area contributed by atoms with Crippen LogP contribution in [0.15, 0.2) is 60.2 Å². The van der Waals surface area contributed by atoms with Crippen LogP contribution in [0.25, 0.3) is 0 Å². The molecule has 2 aromatic carbocycles. The summed E-state index contributed by atoms with van der Waals surface area (Å²) < 4.78 is 11.3. The molecule has 1 amide bonds. The van der Waals surface area contributed by atoms with E-state index in [1.807, 2.05) is 30.3 Å². The van der Waals surface area contributed by atoms with Crippen molar-refractivity contribution < 1.29 is 24.2 Å². The fraction of sp³-hybridized carbons (Fsp3) is 0.360. The SMILES string of the molecule is COC(=O)C[C@@]1(C)O[C@H](c2cccc(Cl)c2)[C@@H](c2ccc(Cl)cc2)N([C@H](CO)C2=CC2)C1=O. The van der Waals surface area contributed by atoms with Gasteiger partial charge in [0.1, 0.15) is 6.10 Å². The topological polar surface area (TPSA) is 76.1 Å². The Kier molecular flexibility index (Phi) is 6.82. The molecular weight excluding hydrogens is 465 g/mol. The maximum Gasteiger partial charge on any atom is 0.308 e. The molecular formula is C25H25Cl2NO5. The average Bonchev–Trinajstić information content (AvgIpc) is 3.63. The lowest BCUT2D eigenvalue weighted by Gasteiger charge is -2.51. The number of benzene rings is 2. The summed E-state index contributed by atoms with van der Waals surface area (Å²) >= 11 is 12.4. The number of rotatable bonds is 7. The van der Waals surface area contributed by atoms with Gasteiger partial charge in [-0.2, -0.15) is 0 Å². The zero-order valence-corrected chi connectivity index (χ0v) is 19.8. The standard InChI is InChI=1S/C25H25Cl2NO5/c1-25(13-21(30)32-2)24(31)28(20(14-29)15-6-7-15)22(16-8-10-18(26)11-9-16)23(33-25)17-4-3-5-19(27)12-17/h3-6,8-12,20,22-23,29H,7,13-14H2,1-2H3/t20-,22-,23-,25-/m1/s1. The maximum atomic E-state index is 13.9. The van der Waals surface area contributed by atoms with Crippen molar-refractivity contribution in [3.05, 3.63) is 81.4 Å².